The van der Waals surface area contributed by atoms with Crippen molar-refractivity contribution in [3.05, 3.63) is 47.5 Å². The van der Waals surface area contributed by atoms with Gasteiger partial charge < -0.3 is 15.4 Å². The van der Waals surface area contributed by atoms with Crippen molar-refractivity contribution in [2.45, 2.75) is 39.0 Å². The van der Waals surface area contributed by atoms with Gasteiger partial charge in [-0.05, 0) is 30.9 Å². The first-order valence-electron chi connectivity index (χ1n) is 7.59. The molecule has 0 atom stereocenters. The molecule has 0 unspecified atom stereocenters. The molecule has 0 amide bonds. The summed E-state index contributed by atoms with van der Waals surface area (Å²) in [6.07, 6.45) is 6.58. The highest BCUT2D eigenvalue weighted by atomic mass is 16.5. The van der Waals surface area contributed by atoms with Gasteiger partial charge in [-0.3, -0.25) is 0 Å². The van der Waals surface area contributed by atoms with Crippen LogP contribution in [0.15, 0.2) is 41.4 Å². The zero-order chi connectivity index (χ0) is 14.9. The first-order chi connectivity index (χ1) is 10.3. The predicted molar refractivity (Wildman–Crippen MR) is 87.3 cm³/mol. The summed E-state index contributed by atoms with van der Waals surface area (Å²) in [6, 6.07) is 8.76. The average Bonchev–Trinajstić information content (AvgIpc) is 3.00. The van der Waals surface area contributed by atoms with Crippen LogP contribution in [0.3, 0.4) is 0 Å². The molecule has 2 N–H and O–H groups in total. The molecular formula is C17H25N3O. The molecule has 0 radical (unpaired) electrons. The lowest BCUT2D eigenvalue weighted by molar-refractivity contribution is 0.184. The van der Waals surface area contributed by atoms with E-state index in [0.717, 1.165) is 25.3 Å². The van der Waals surface area contributed by atoms with Gasteiger partial charge in [0.15, 0.2) is 5.96 Å². The second kappa shape index (κ2) is 8.47. The van der Waals surface area contributed by atoms with Gasteiger partial charge in [0.25, 0.3) is 0 Å². The number of nitrogens with one attached hydrogen (secondary N) is 2. The molecule has 0 spiro atoms. The van der Waals surface area contributed by atoms with Gasteiger partial charge in [0.1, 0.15) is 0 Å². The number of ether oxygens (including phenoxy) is 1. The van der Waals surface area contributed by atoms with E-state index in [-0.39, 0.29) is 0 Å². The molecule has 0 bridgehead atoms. The zero-order valence-corrected chi connectivity index (χ0v) is 12.9. The van der Waals surface area contributed by atoms with Crippen LogP contribution in [0.5, 0.6) is 0 Å². The quantitative estimate of drug-likeness (QED) is 0.480. The van der Waals surface area contributed by atoms with Crippen LogP contribution in [0.4, 0.5) is 0 Å². The van der Waals surface area contributed by atoms with Crippen LogP contribution in [-0.4, -0.2) is 25.7 Å². The van der Waals surface area contributed by atoms with Crippen LogP contribution in [0.1, 0.15) is 30.9 Å². The third-order valence-corrected chi connectivity index (χ3v) is 3.52. The molecule has 0 heterocycles. The van der Waals surface area contributed by atoms with E-state index in [1.807, 2.05) is 12.1 Å². The molecule has 2 rings (SSSR count). The van der Waals surface area contributed by atoms with Gasteiger partial charge in [-0.25, -0.2) is 4.99 Å². The lowest BCUT2D eigenvalue weighted by Crippen LogP contribution is -2.42. The lowest BCUT2D eigenvalue weighted by atomic mass is 10.1. The second-order valence-electron chi connectivity index (χ2n) is 5.18. The van der Waals surface area contributed by atoms with Crippen LogP contribution < -0.4 is 10.6 Å². The highest BCUT2D eigenvalue weighted by Crippen LogP contribution is 2.12. The molecule has 4 heteroatoms. The van der Waals surface area contributed by atoms with Gasteiger partial charge in [-0.1, -0.05) is 36.4 Å². The Morgan fingerprint density at radius 1 is 1.24 bits per heavy atom. The van der Waals surface area contributed by atoms with Crippen molar-refractivity contribution < 1.29 is 4.74 Å². The molecule has 0 saturated carbocycles. The van der Waals surface area contributed by atoms with Crippen molar-refractivity contribution in [3.63, 3.8) is 0 Å². The van der Waals surface area contributed by atoms with E-state index in [1.54, 1.807) is 7.11 Å². The van der Waals surface area contributed by atoms with Crippen molar-refractivity contribution in [3.8, 4) is 0 Å². The Kier molecular flexibility index (Phi) is 6.28. The fourth-order valence-electron chi connectivity index (χ4n) is 2.42. The van der Waals surface area contributed by atoms with Crippen LogP contribution in [-0.2, 0) is 17.9 Å². The van der Waals surface area contributed by atoms with E-state index in [1.165, 1.54) is 11.1 Å². The Bertz CT molecular complexity index is 489. The number of hydrogen-bond donors (Lipinski definition) is 2. The SMILES string of the molecule is CCNC(=NCc1ccccc1COC)NC1CC=CC1. The fourth-order valence-corrected chi connectivity index (χ4v) is 2.42. The minimum Gasteiger partial charge on any atom is -0.380 e. The minimum atomic E-state index is 0.469. The molecular weight excluding hydrogens is 262 g/mol. The summed E-state index contributed by atoms with van der Waals surface area (Å²) in [5, 5.41) is 6.79. The van der Waals surface area contributed by atoms with E-state index < -0.39 is 0 Å². The summed E-state index contributed by atoms with van der Waals surface area (Å²) < 4.78 is 5.24. The molecule has 21 heavy (non-hydrogen) atoms. The molecule has 1 aromatic carbocycles. The zero-order valence-electron chi connectivity index (χ0n) is 12.9. The predicted octanol–water partition coefficient (Wildman–Crippen LogP) is 2.61. The van der Waals surface area contributed by atoms with E-state index in [2.05, 4.69) is 41.8 Å². The monoisotopic (exact) mass is 287 g/mol. The van der Waals surface area contributed by atoms with Crippen molar-refractivity contribution in [1.82, 2.24) is 10.6 Å². The Hall–Kier alpha value is -1.81. The number of hydrogen-bond acceptors (Lipinski definition) is 2. The second-order valence-corrected chi connectivity index (χ2v) is 5.18. The van der Waals surface area contributed by atoms with E-state index in [9.17, 15) is 0 Å². The topological polar surface area (TPSA) is 45.7 Å². The fraction of sp³-hybridized carbons (Fsp3) is 0.471. The highest BCUT2D eigenvalue weighted by Gasteiger charge is 2.11. The van der Waals surface area contributed by atoms with Gasteiger partial charge in [0.2, 0.25) is 0 Å². The molecule has 0 saturated heterocycles. The lowest BCUT2D eigenvalue weighted by Gasteiger charge is -2.17. The van der Waals surface area contributed by atoms with Gasteiger partial charge in [-0.15, -0.1) is 0 Å². The molecule has 4 nitrogen and oxygen atoms in total. The summed E-state index contributed by atoms with van der Waals surface area (Å²) in [5.41, 5.74) is 2.41. The number of guanidine groups is 1. The number of rotatable bonds is 6. The van der Waals surface area contributed by atoms with Crippen molar-refractivity contribution in [2.24, 2.45) is 4.99 Å². The Morgan fingerprint density at radius 3 is 2.62 bits per heavy atom. The van der Waals surface area contributed by atoms with Gasteiger partial charge in [0.05, 0.1) is 13.2 Å². The van der Waals surface area contributed by atoms with Gasteiger partial charge >= 0.3 is 0 Å². The van der Waals surface area contributed by atoms with E-state index >= 15 is 0 Å². The van der Waals surface area contributed by atoms with Crippen LogP contribution in [0.25, 0.3) is 0 Å². The summed E-state index contributed by atoms with van der Waals surface area (Å²) in [6.45, 7) is 4.24. The Balaban J connectivity index is 2.01. The molecule has 0 fully saturated rings. The Morgan fingerprint density at radius 2 is 1.95 bits per heavy atom. The maximum Gasteiger partial charge on any atom is 0.191 e. The molecule has 1 aliphatic rings. The van der Waals surface area contributed by atoms with Gasteiger partial charge in [-0.2, -0.15) is 0 Å². The summed E-state index contributed by atoms with van der Waals surface area (Å²) in [7, 11) is 1.72. The van der Waals surface area contributed by atoms with Crippen LogP contribution in [0.2, 0.25) is 0 Å². The third-order valence-electron chi connectivity index (χ3n) is 3.52. The smallest absolute Gasteiger partial charge is 0.191 e. The van der Waals surface area contributed by atoms with Crippen molar-refractivity contribution in [2.75, 3.05) is 13.7 Å². The Labute approximate surface area is 127 Å². The molecule has 1 aliphatic carbocycles. The third kappa shape index (κ3) is 4.90. The van der Waals surface area contributed by atoms with E-state index in [0.29, 0.717) is 19.2 Å². The van der Waals surface area contributed by atoms with Gasteiger partial charge in [0, 0.05) is 19.7 Å². The molecule has 114 valence electrons. The molecule has 0 aromatic heterocycles. The van der Waals surface area contributed by atoms with Crippen LogP contribution in [0, 0.1) is 0 Å². The average molecular weight is 287 g/mol. The number of aliphatic imine (C=N–C) groups is 1. The molecule has 1 aromatic rings. The maximum atomic E-state index is 5.24. The number of benzene rings is 1. The highest BCUT2D eigenvalue weighted by molar-refractivity contribution is 5.80. The summed E-state index contributed by atoms with van der Waals surface area (Å²) >= 11 is 0. The van der Waals surface area contributed by atoms with Crippen molar-refractivity contribution in [1.29, 1.82) is 0 Å². The van der Waals surface area contributed by atoms with E-state index in [4.69, 9.17) is 9.73 Å². The first-order valence-corrected chi connectivity index (χ1v) is 7.59. The number of methoxy groups -OCH3 is 1. The van der Waals surface area contributed by atoms with Crippen molar-refractivity contribution >= 4 is 5.96 Å². The normalized spacial score (nSPS) is 15.4. The maximum absolute atomic E-state index is 5.24. The summed E-state index contributed by atoms with van der Waals surface area (Å²) in [4.78, 5) is 4.70. The summed E-state index contributed by atoms with van der Waals surface area (Å²) in [5.74, 6) is 0.887. The minimum absolute atomic E-state index is 0.469. The number of nitrogens with zero attached hydrogens (tertiary/aromatic N) is 1. The van der Waals surface area contributed by atoms with Crippen LogP contribution >= 0.6 is 0 Å². The molecule has 0 aliphatic heterocycles. The first kappa shape index (κ1) is 15.6. The largest absolute Gasteiger partial charge is 0.380 e. The standard InChI is InChI=1S/C17H25N3O/c1-3-18-17(20-16-10-6-7-11-16)19-12-14-8-4-5-9-15(14)13-21-2/h4-9,16H,3,10-13H2,1-2H3,(H2,18,19,20).